The van der Waals surface area contributed by atoms with Crippen molar-refractivity contribution in [3.05, 3.63) is 53.6 Å². The number of carbonyl (C=O) groups excluding carboxylic acids is 2. The maximum atomic E-state index is 13.7. The Hall–Kier alpha value is -2.86. The van der Waals surface area contributed by atoms with Crippen LogP contribution in [0.4, 0.5) is 21.9 Å². The van der Waals surface area contributed by atoms with Gasteiger partial charge in [-0.05, 0) is 81.9 Å². The fraction of sp³-hybridized carbons (Fsp3) is 0.462. The van der Waals surface area contributed by atoms with Gasteiger partial charge in [-0.15, -0.1) is 0 Å². The average molecular weight is 437 g/mol. The zero-order chi connectivity index (χ0) is 23.1. The van der Waals surface area contributed by atoms with E-state index in [-0.39, 0.29) is 18.0 Å². The summed E-state index contributed by atoms with van der Waals surface area (Å²) in [5.74, 6) is 0.0614. The highest BCUT2D eigenvalue weighted by atomic mass is 16.2. The highest BCUT2D eigenvalue weighted by Gasteiger charge is 2.27. The van der Waals surface area contributed by atoms with Gasteiger partial charge in [0.05, 0.1) is 17.9 Å². The van der Waals surface area contributed by atoms with Gasteiger partial charge in [0.15, 0.2) is 0 Å². The summed E-state index contributed by atoms with van der Waals surface area (Å²) in [5, 5.41) is 5.76. The molecule has 3 rings (SSSR count). The third kappa shape index (κ3) is 5.88. The highest BCUT2D eigenvalue weighted by Crippen LogP contribution is 2.37. The second-order valence-electron chi connectivity index (χ2n) is 8.73. The Balaban J connectivity index is 1.98. The van der Waals surface area contributed by atoms with Gasteiger partial charge in [0.2, 0.25) is 5.91 Å². The molecule has 2 N–H and O–H groups in total. The molecule has 1 aliphatic heterocycles. The molecule has 2 aromatic rings. The van der Waals surface area contributed by atoms with Gasteiger partial charge >= 0.3 is 6.03 Å². The fourth-order valence-corrected chi connectivity index (χ4v) is 4.26. The first kappa shape index (κ1) is 23.8. The Bertz CT molecular complexity index is 935. The Morgan fingerprint density at radius 3 is 2.28 bits per heavy atom. The minimum absolute atomic E-state index is 0.0453. The summed E-state index contributed by atoms with van der Waals surface area (Å²) in [6.45, 7) is 10.3. The normalized spacial score (nSPS) is 12.9. The summed E-state index contributed by atoms with van der Waals surface area (Å²) in [5.41, 5.74) is 4.75. The summed E-state index contributed by atoms with van der Waals surface area (Å²) >= 11 is 0. The van der Waals surface area contributed by atoms with E-state index < -0.39 is 0 Å². The van der Waals surface area contributed by atoms with Crippen molar-refractivity contribution in [3.8, 4) is 0 Å². The van der Waals surface area contributed by atoms with Crippen LogP contribution in [0.15, 0.2) is 42.5 Å². The molecule has 1 aliphatic rings. The van der Waals surface area contributed by atoms with E-state index in [1.165, 1.54) is 5.56 Å². The molecule has 0 unspecified atom stereocenters. The Labute approximate surface area is 192 Å². The molecule has 0 bridgehead atoms. The molecule has 0 atom stereocenters. The largest absolute Gasteiger partial charge is 0.336 e. The summed E-state index contributed by atoms with van der Waals surface area (Å²) in [7, 11) is 0. The standard InChI is InChI=1S/C26H36N4O2/c1-5-15-29(16-6-2)18-25(31)30-23-10-8-7-9-20(23)11-12-21-13-14-22(17-24(21)30)28-26(32)27-19(3)4/h7-10,13-14,17,19H,5-6,11-12,15-16,18H2,1-4H3,(H2,27,28,32). The van der Waals surface area contributed by atoms with E-state index in [0.717, 1.165) is 55.7 Å². The lowest BCUT2D eigenvalue weighted by Gasteiger charge is -2.29. The van der Waals surface area contributed by atoms with Crippen LogP contribution in [0.3, 0.4) is 0 Å². The van der Waals surface area contributed by atoms with Crippen LogP contribution in [0.2, 0.25) is 0 Å². The molecule has 0 spiro atoms. The Morgan fingerprint density at radius 2 is 1.62 bits per heavy atom. The number of urea groups is 1. The molecular weight excluding hydrogens is 400 g/mol. The van der Waals surface area contributed by atoms with E-state index in [1.54, 1.807) is 0 Å². The van der Waals surface area contributed by atoms with Crippen LogP contribution >= 0.6 is 0 Å². The summed E-state index contributed by atoms with van der Waals surface area (Å²) in [4.78, 5) is 30.0. The van der Waals surface area contributed by atoms with E-state index >= 15 is 0 Å². The first-order valence-electron chi connectivity index (χ1n) is 11.8. The third-order valence-electron chi connectivity index (χ3n) is 5.59. The van der Waals surface area contributed by atoms with Crippen LogP contribution in [0.1, 0.15) is 51.7 Å². The van der Waals surface area contributed by atoms with Crippen molar-refractivity contribution >= 4 is 29.0 Å². The maximum Gasteiger partial charge on any atom is 0.319 e. The molecule has 172 valence electrons. The van der Waals surface area contributed by atoms with Gasteiger partial charge < -0.3 is 10.6 Å². The molecule has 1 heterocycles. The van der Waals surface area contributed by atoms with Crippen molar-refractivity contribution in [3.63, 3.8) is 0 Å². The van der Waals surface area contributed by atoms with Gasteiger partial charge in [-0.1, -0.05) is 38.1 Å². The zero-order valence-corrected chi connectivity index (χ0v) is 19.8. The number of anilines is 3. The van der Waals surface area contributed by atoms with Crippen LogP contribution in [-0.4, -0.2) is 42.5 Å². The number of rotatable bonds is 8. The molecule has 0 aromatic heterocycles. The van der Waals surface area contributed by atoms with Crippen molar-refractivity contribution in [1.29, 1.82) is 0 Å². The highest BCUT2D eigenvalue weighted by molar-refractivity contribution is 6.04. The number of aryl methyl sites for hydroxylation is 2. The molecule has 6 heteroatoms. The topological polar surface area (TPSA) is 64.7 Å². The van der Waals surface area contributed by atoms with Crippen molar-refractivity contribution in [1.82, 2.24) is 10.2 Å². The number of nitrogens with one attached hydrogen (secondary N) is 2. The van der Waals surface area contributed by atoms with Gasteiger partial charge in [0, 0.05) is 11.7 Å². The summed E-state index contributed by atoms with van der Waals surface area (Å²) < 4.78 is 0. The number of nitrogens with zero attached hydrogens (tertiary/aromatic N) is 2. The van der Waals surface area contributed by atoms with Crippen molar-refractivity contribution < 1.29 is 9.59 Å². The summed E-state index contributed by atoms with van der Waals surface area (Å²) in [6.07, 6.45) is 3.75. The van der Waals surface area contributed by atoms with Gasteiger partial charge in [0.1, 0.15) is 0 Å². The lowest BCUT2D eigenvalue weighted by Crippen LogP contribution is -2.39. The molecule has 0 saturated carbocycles. The first-order chi connectivity index (χ1) is 15.4. The molecular formula is C26H36N4O2. The molecule has 32 heavy (non-hydrogen) atoms. The monoisotopic (exact) mass is 436 g/mol. The molecule has 0 saturated heterocycles. The van der Waals surface area contributed by atoms with Gasteiger partial charge in [-0.3, -0.25) is 14.6 Å². The van der Waals surface area contributed by atoms with Crippen LogP contribution in [0.5, 0.6) is 0 Å². The van der Waals surface area contributed by atoms with Crippen LogP contribution < -0.4 is 15.5 Å². The lowest BCUT2D eigenvalue weighted by molar-refractivity contribution is -0.119. The van der Waals surface area contributed by atoms with Crippen LogP contribution in [0.25, 0.3) is 0 Å². The molecule has 0 radical (unpaired) electrons. The fourth-order valence-electron chi connectivity index (χ4n) is 4.26. The predicted octanol–water partition coefficient (Wildman–Crippen LogP) is 5.10. The smallest absolute Gasteiger partial charge is 0.319 e. The van der Waals surface area contributed by atoms with Crippen LogP contribution in [0, 0.1) is 0 Å². The minimum Gasteiger partial charge on any atom is -0.336 e. The predicted molar refractivity (Wildman–Crippen MR) is 132 cm³/mol. The van der Waals surface area contributed by atoms with Gasteiger partial charge in [0.25, 0.3) is 0 Å². The maximum absolute atomic E-state index is 13.7. The van der Waals surface area contributed by atoms with E-state index in [1.807, 2.05) is 55.1 Å². The van der Waals surface area contributed by atoms with E-state index in [4.69, 9.17) is 0 Å². The van der Waals surface area contributed by atoms with E-state index in [9.17, 15) is 9.59 Å². The Morgan fingerprint density at radius 1 is 0.969 bits per heavy atom. The molecule has 2 aromatic carbocycles. The molecule has 0 fully saturated rings. The number of para-hydroxylation sites is 1. The molecule has 0 aliphatic carbocycles. The van der Waals surface area contributed by atoms with E-state index in [2.05, 4.69) is 35.4 Å². The lowest BCUT2D eigenvalue weighted by atomic mass is 10.0. The van der Waals surface area contributed by atoms with Gasteiger partial charge in [-0.25, -0.2) is 4.79 Å². The van der Waals surface area contributed by atoms with Gasteiger partial charge in [-0.2, -0.15) is 0 Å². The third-order valence-corrected chi connectivity index (χ3v) is 5.59. The average Bonchev–Trinajstić information content (AvgIpc) is 2.90. The number of hydrogen-bond donors (Lipinski definition) is 2. The number of carbonyl (C=O) groups is 2. The molecule has 6 nitrogen and oxygen atoms in total. The second-order valence-corrected chi connectivity index (χ2v) is 8.73. The zero-order valence-electron chi connectivity index (χ0n) is 19.8. The van der Waals surface area contributed by atoms with Crippen molar-refractivity contribution in [2.75, 3.05) is 29.9 Å². The SMILES string of the molecule is CCCN(CCC)CC(=O)N1c2ccccc2CCc2ccc(NC(=O)NC(C)C)cc21. The Kier molecular flexibility index (Phi) is 8.28. The minimum atomic E-state index is -0.246. The second kappa shape index (κ2) is 11.1. The van der Waals surface area contributed by atoms with E-state index in [0.29, 0.717) is 12.2 Å². The quantitative estimate of drug-likeness (QED) is 0.605. The summed E-state index contributed by atoms with van der Waals surface area (Å²) in [6, 6.07) is 13.8. The molecule has 3 amide bonds. The van der Waals surface area contributed by atoms with Crippen molar-refractivity contribution in [2.24, 2.45) is 0 Å². The number of amides is 3. The van der Waals surface area contributed by atoms with Crippen molar-refractivity contribution in [2.45, 2.75) is 59.4 Å². The number of hydrogen-bond acceptors (Lipinski definition) is 3. The number of fused-ring (bicyclic) bond motifs is 2. The number of benzene rings is 2. The van der Waals surface area contributed by atoms with Crippen LogP contribution in [-0.2, 0) is 17.6 Å². The first-order valence-corrected chi connectivity index (χ1v) is 11.8.